The lowest BCUT2D eigenvalue weighted by molar-refractivity contribution is 0.294. The Morgan fingerprint density at radius 3 is 1.47 bits per heavy atom. The van der Waals surface area contributed by atoms with Crippen LogP contribution in [0, 0.1) is 0 Å². The van der Waals surface area contributed by atoms with Gasteiger partial charge < -0.3 is 33.5 Å². The van der Waals surface area contributed by atoms with Crippen molar-refractivity contribution in [2.24, 2.45) is 0 Å². The largest absolute Gasteiger partial charge is 0.505 e. The second-order valence-corrected chi connectivity index (χ2v) is 23.2. The summed E-state index contributed by atoms with van der Waals surface area (Å²) in [4.78, 5) is 7.55. The number of ether oxygens (including phenoxy) is 6. The highest BCUT2D eigenvalue weighted by molar-refractivity contribution is 14.1. The van der Waals surface area contributed by atoms with Crippen molar-refractivity contribution in [3.05, 3.63) is 167 Å². The van der Waals surface area contributed by atoms with Crippen LogP contribution < -0.4 is 33.1 Å². The van der Waals surface area contributed by atoms with Crippen molar-refractivity contribution in [2.45, 2.75) is 29.4 Å². The number of hydrogen-bond acceptors (Lipinski definition) is 13. The van der Waals surface area contributed by atoms with Gasteiger partial charge in [0.1, 0.15) is 33.6 Å². The number of nitrogens with zero attached hydrogens (tertiary/aromatic N) is 3. The second kappa shape index (κ2) is 28.0. The maximum atomic E-state index is 13.8. The first-order valence-electron chi connectivity index (χ1n) is 21.0. The summed E-state index contributed by atoms with van der Waals surface area (Å²) in [6.45, 7) is 0.202. The second-order valence-electron chi connectivity index (χ2n) is 14.8. The van der Waals surface area contributed by atoms with Gasteiger partial charge in [-0.2, -0.15) is 4.31 Å². The van der Waals surface area contributed by atoms with Crippen LogP contribution in [-0.2, 0) is 39.6 Å². The molecule has 0 bridgehead atoms. The van der Waals surface area contributed by atoms with Crippen molar-refractivity contribution in [2.75, 3.05) is 39.9 Å². The molecule has 7 aromatic rings. The van der Waals surface area contributed by atoms with Crippen LogP contribution in [0.5, 0.6) is 52.0 Å². The Morgan fingerprint density at radius 1 is 0.630 bits per heavy atom. The number of sulfonamides is 2. The van der Waals surface area contributed by atoms with Gasteiger partial charge in [-0.05, 0) is 90.8 Å². The van der Waals surface area contributed by atoms with Crippen molar-refractivity contribution >= 4 is 121 Å². The number of aryl methyl sites for hydroxylation is 1. The topological polar surface area (TPSA) is 185 Å². The van der Waals surface area contributed by atoms with Crippen molar-refractivity contribution in [3.63, 3.8) is 0 Å². The Morgan fingerprint density at radius 2 is 1.04 bits per heavy atom. The average molecular weight is 1360 g/mol. The number of halogens is 7. The number of nitrogens with one attached hydrogen (secondary N) is 1. The van der Waals surface area contributed by atoms with E-state index in [2.05, 4.69) is 81.3 Å². The molecule has 7 rings (SSSR count). The summed E-state index contributed by atoms with van der Waals surface area (Å²) >= 11 is 33.6. The number of hydrogen-bond donors (Lipinski definition) is 2. The normalized spacial score (nSPS) is 11.1. The van der Waals surface area contributed by atoms with Crippen LogP contribution in [0.3, 0.4) is 0 Å². The quantitative estimate of drug-likeness (QED) is 0.0611. The number of aromatic nitrogens is 2. The van der Waals surface area contributed by atoms with Gasteiger partial charge >= 0.3 is 0 Å². The Labute approximate surface area is 474 Å². The van der Waals surface area contributed by atoms with Crippen LogP contribution in [0.25, 0.3) is 0 Å². The molecule has 0 spiro atoms. The summed E-state index contributed by atoms with van der Waals surface area (Å²) in [5.74, 6) is 2.00. The summed E-state index contributed by atoms with van der Waals surface area (Å²) in [6.07, 6.45) is 3.40. The summed E-state index contributed by atoms with van der Waals surface area (Å²) in [5, 5.41) is 10.5. The maximum Gasteiger partial charge on any atom is 0.247 e. The highest BCUT2D eigenvalue weighted by atomic mass is 127. The van der Waals surface area contributed by atoms with Crippen LogP contribution in [0.4, 0.5) is 0 Å². The molecule has 2 heterocycles. The molecular weight excluding hydrogens is 1310 g/mol. The summed E-state index contributed by atoms with van der Waals surface area (Å²) in [7, 11) is -0.406. The van der Waals surface area contributed by atoms with E-state index in [1.807, 2.05) is 24.3 Å². The number of rotatable bonds is 18. The molecule has 0 fully saturated rings. The molecule has 0 saturated heterocycles. The van der Waals surface area contributed by atoms with E-state index < -0.39 is 25.8 Å². The fourth-order valence-corrected chi connectivity index (χ4v) is 11.3. The van der Waals surface area contributed by atoms with E-state index in [0.717, 1.165) is 35.6 Å². The van der Waals surface area contributed by atoms with Gasteiger partial charge in [-0.25, -0.2) is 31.5 Å². The van der Waals surface area contributed by atoms with E-state index in [-0.39, 0.29) is 72.0 Å². The number of benzene rings is 5. The zero-order valence-electron chi connectivity index (χ0n) is 39.2. The standard InChI is InChI=1S/C28H25BrCl2N2O6S.C12H9BrCl2N2O4S.C9H11IO/c1-33(16-18-4-8-21(36-2)9-5-18)40(34,35)26-14-27(39-28-23(30)12-20(29)13-24(28)31)32-15-25(26)38-17-19-6-10-22(37-3)11-7-19;1-16-22(19,20)10-4-11(17-5-9(10)18)21-12-7(14)2-6(13)3-8(12)15;1-11-9-4-2-8(3-5-9)6-7-10/h4-15H,16-17H2,1-3H3;2-5,16,18H,1H3;2-5H,6-7H2,1H3. The van der Waals surface area contributed by atoms with Crippen molar-refractivity contribution in [1.29, 1.82) is 0 Å². The van der Waals surface area contributed by atoms with E-state index in [0.29, 0.717) is 20.4 Å². The van der Waals surface area contributed by atoms with Gasteiger partial charge in [-0.1, -0.05) is 137 Å². The molecule has 2 aromatic heterocycles. The van der Waals surface area contributed by atoms with Crippen molar-refractivity contribution < 1.29 is 50.4 Å². The van der Waals surface area contributed by atoms with Gasteiger partial charge in [0.05, 0.1) is 53.8 Å². The van der Waals surface area contributed by atoms with Crippen molar-refractivity contribution in [3.8, 4) is 52.0 Å². The number of alkyl halides is 1. The predicted molar refractivity (Wildman–Crippen MR) is 299 cm³/mol. The van der Waals surface area contributed by atoms with Crippen LogP contribution in [0.1, 0.15) is 16.7 Å². The Kier molecular flexibility index (Phi) is 22.8. The summed E-state index contributed by atoms with van der Waals surface area (Å²) in [6, 6.07) is 31.3. The van der Waals surface area contributed by atoms with E-state index in [1.54, 1.807) is 82.0 Å². The molecule has 0 radical (unpaired) electrons. The van der Waals surface area contributed by atoms with E-state index in [9.17, 15) is 21.9 Å². The van der Waals surface area contributed by atoms with Gasteiger partial charge in [0, 0.05) is 39.1 Å². The zero-order chi connectivity index (χ0) is 53.5. The molecule has 0 saturated carbocycles. The van der Waals surface area contributed by atoms with E-state index in [4.69, 9.17) is 74.8 Å². The average Bonchev–Trinajstić information content (AvgIpc) is 3.37. The third-order valence-electron chi connectivity index (χ3n) is 9.87. The third kappa shape index (κ3) is 17.1. The molecule has 2 N–H and O–H groups in total. The summed E-state index contributed by atoms with van der Waals surface area (Å²) < 4.78 is 89.7. The van der Waals surface area contributed by atoms with Crippen molar-refractivity contribution in [1.82, 2.24) is 19.0 Å². The van der Waals surface area contributed by atoms with Crippen LogP contribution in [0.2, 0.25) is 20.1 Å². The van der Waals surface area contributed by atoms with Gasteiger partial charge in [0.2, 0.25) is 31.8 Å². The molecule has 0 aliphatic rings. The minimum Gasteiger partial charge on any atom is -0.505 e. The summed E-state index contributed by atoms with van der Waals surface area (Å²) in [5.41, 5.74) is 2.95. The van der Waals surface area contributed by atoms with Gasteiger partial charge in [-0.3, -0.25) is 0 Å². The lowest BCUT2D eigenvalue weighted by atomic mass is 10.2. The minimum atomic E-state index is -4.08. The molecule has 15 nitrogen and oxygen atoms in total. The van der Waals surface area contributed by atoms with Gasteiger partial charge in [0.15, 0.2) is 23.0 Å². The lowest BCUT2D eigenvalue weighted by Gasteiger charge is -2.20. The molecule has 0 amide bonds. The molecule has 0 unspecified atom stereocenters. The first kappa shape index (κ1) is 59.5. The molecule has 24 heteroatoms. The van der Waals surface area contributed by atoms with Crippen LogP contribution >= 0.6 is 101 Å². The molecule has 0 aliphatic carbocycles. The first-order valence-corrected chi connectivity index (χ1v) is 28.6. The maximum absolute atomic E-state index is 13.8. The van der Waals surface area contributed by atoms with Gasteiger partial charge in [-0.15, -0.1) is 0 Å². The number of aromatic hydroxyl groups is 1. The highest BCUT2D eigenvalue weighted by Gasteiger charge is 2.28. The molecule has 0 atom stereocenters. The highest BCUT2D eigenvalue weighted by Crippen LogP contribution is 2.41. The Hall–Kier alpha value is -4.33. The molecule has 0 aliphatic heterocycles. The molecule has 73 heavy (non-hydrogen) atoms. The fraction of sp³-hybridized carbons (Fsp3) is 0.184. The van der Waals surface area contributed by atoms with Gasteiger partial charge in [0.25, 0.3) is 0 Å². The molecule has 5 aromatic carbocycles. The number of methoxy groups -OCH3 is 3. The SMILES string of the molecule is CNS(=O)(=O)c1cc(Oc2c(Cl)cc(Br)cc2Cl)ncc1O.COc1ccc(CCI)cc1.COc1ccc(COc2cnc(Oc3c(Cl)cc(Br)cc3Cl)cc2S(=O)(=O)N(C)Cc2ccc(OC)cc2)cc1. The molecular formula is C49H45Br2Cl4IN4O11S2. The third-order valence-corrected chi connectivity index (χ3v) is 15.7. The smallest absolute Gasteiger partial charge is 0.247 e. The predicted octanol–water partition coefficient (Wildman–Crippen LogP) is 13.6. The molecule has 388 valence electrons. The van der Waals surface area contributed by atoms with E-state index in [1.165, 1.54) is 40.7 Å². The minimum absolute atomic E-state index is 0.0284. The van der Waals surface area contributed by atoms with Crippen LogP contribution in [0.15, 0.2) is 140 Å². The first-order chi connectivity index (χ1) is 34.7. The van der Waals surface area contributed by atoms with Crippen LogP contribution in [-0.4, -0.2) is 76.1 Å². The monoisotopic (exact) mass is 1350 g/mol. The Balaban J connectivity index is 0.000000248. The fourth-order valence-electron chi connectivity index (χ4n) is 6.05. The zero-order valence-corrected chi connectivity index (χ0v) is 49.2. The van der Waals surface area contributed by atoms with E-state index >= 15 is 0 Å². The lowest BCUT2D eigenvalue weighted by Crippen LogP contribution is -2.27. The Bertz CT molecular complexity index is 3160. The number of pyridine rings is 2.